The van der Waals surface area contributed by atoms with Crippen LogP contribution in [0.5, 0.6) is 0 Å². The van der Waals surface area contributed by atoms with Crippen molar-refractivity contribution in [1.82, 2.24) is 9.78 Å². The van der Waals surface area contributed by atoms with Gasteiger partial charge < -0.3 is 5.32 Å². The minimum absolute atomic E-state index is 0.201. The molecule has 0 spiro atoms. The maximum atomic E-state index is 11.7. The van der Waals surface area contributed by atoms with Gasteiger partial charge in [-0.25, -0.2) is 4.68 Å². The van der Waals surface area contributed by atoms with Crippen molar-refractivity contribution in [1.29, 1.82) is 0 Å². The average Bonchev–Trinajstić information content (AvgIpc) is 2.28. The molecular weight excluding hydrogens is 226 g/mol. The summed E-state index contributed by atoms with van der Waals surface area (Å²) in [6.45, 7) is 6.89. The van der Waals surface area contributed by atoms with Crippen molar-refractivity contribution in [3.8, 4) is 0 Å². The van der Waals surface area contributed by atoms with Crippen LogP contribution in [0.1, 0.15) is 19.8 Å². The van der Waals surface area contributed by atoms with Crippen LogP contribution >= 0.6 is 11.6 Å². The number of aryl methyl sites for hydroxylation is 1. The summed E-state index contributed by atoms with van der Waals surface area (Å²) in [4.78, 5) is 11.7. The Balaban J connectivity index is 2.84. The summed E-state index contributed by atoms with van der Waals surface area (Å²) < 4.78 is 1.38. The molecule has 0 saturated carbocycles. The standard InChI is InChI=1S/C11H16ClN3O/c1-3-5-6-13-9-8-14-15(7-4-2)11(16)10(9)12/h3,8,13H,1,4-7H2,2H3. The third-order valence-corrected chi connectivity index (χ3v) is 2.45. The van der Waals surface area contributed by atoms with Crippen LogP contribution < -0.4 is 10.9 Å². The van der Waals surface area contributed by atoms with Crippen LogP contribution in [0.2, 0.25) is 5.02 Å². The molecule has 1 aromatic rings. The lowest BCUT2D eigenvalue weighted by atomic mass is 10.4. The van der Waals surface area contributed by atoms with Crippen LogP contribution in [0.25, 0.3) is 0 Å². The fourth-order valence-electron chi connectivity index (χ4n) is 1.27. The highest BCUT2D eigenvalue weighted by Crippen LogP contribution is 2.14. The summed E-state index contributed by atoms with van der Waals surface area (Å²) in [7, 11) is 0. The summed E-state index contributed by atoms with van der Waals surface area (Å²) in [6.07, 6.45) is 5.05. The number of aromatic nitrogens is 2. The van der Waals surface area contributed by atoms with E-state index in [-0.39, 0.29) is 10.6 Å². The van der Waals surface area contributed by atoms with Crippen LogP contribution in [-0.2, 0) is 6.54 Å². The smallest absolute Gasteiger partial charge is 0.287 e. The van der Waals surface area contributed by atoms with E-state index in [1.165, 1.54) is 4.68 Å². The SMILES string of the molecule is C=CCCNc1cnn(CCC)c(=O)c1Cl. The van der Waals surface area contributed by atoms with Crippen molar-refractivity contribution in [3.63, 3.8) is 0 Å². The van der Waals surface area contributed by atoms with Crippen molar-refractivity contribution >= 4 is 17.3 Å². The number of nitrogens with one attached hydrogen (secondary N) is 1. The highest BCUT2D eigenvalue weighted by atomic mass is 35.5. The third kappa shape index (κ3) is 3.10. The van der Waals surface area contributed by atoms with Crippen LogP contribution in [0.3, 0.4) is 0 Å². The molecule has 0 bridgehead atoms. The number of hydrogen-bond acceptors (Lipinski definition) is 3. The van der Waals surface area contributed by atoms with Gasteiger partial charge in [0.05, 0.1) is 11.9 Å². The van der Waals surface area contributed by atoms with E-state index >= 15 is 0 Å². The third-order valence-electron chi connectivity index (χ3n) is 2.08. The average molecular weight is 242 g/mol. The van der Waals surface area contributed by atoms with Gasteiger partial charge >= 0.3 is 0 Å². The Morgan fingerprint density at radius 1 is 1.69 bits per heavy atom. The lowest BCUT2D eigenvalue weighted by molar-refractivity contribution is 0.568. The molecule has 16 heavy (non-hydrogen) atoms. The Morgan fingerprint density at radius 3 is 3.06 bits per heavy atom. The van der Waals surface area contributed by atoms with E-state index in [1.54, 1.807) is 12.3 Å². The molecular formula is C11H16ClN3O. The summed E-state index contributed by atoms with van der Waals surface area (Å²) in [5.41, 5.74) is 0.341. The maximum absolute atomic E-state index is 11.7. The van der Waals surface area contributed by atoms with E-state index in [1.807, 2.05) is 6.92 Å². The summed E-state index contributed by atoms with van der Waals surface area (Å²) in [5, 5.41) is 7.29. The van der Waals surface area contributed by atoms with E-state index in [9.17, 15) is 4.79 Å². The minimum atomic E-state index is -0.243. The van der Waals surface area contributed by atoms with Crippen molar-refractivity contribution in [2.45, 2.75) is 26.3 Å². The minimum Gasteiger partial charge on any atom is -0.382 e. The van der Waals surface area contributed by atoms with E-state index in [0.717, 1.165) is 12.8 Å². The normalized spacial score (nSPS) is 10.1. The molecule has 88 valence electrons. The van der Waals surface area contributed by atoms with E-state index in [4.69, 9.17) is 11.6 Å². The molecule has 1 rings (SSSR count). The lowest BCUT2D eigenvalue weighted by Crippen LogP contribution is -2.24. The Bertz CT molecular complexity index is 414. The van der Waals surface area contributed by atoms with Crippen LogP contribution in [0, 0.1) is 0 Å². The van der Waals surface area contributed by atoms with Gasteiger partial charge in [-0.15, -0.1) is 6.58 Å². The van der Waals surface area contributed by atoms with Gasteiger partial charge in [0.25, 0.3) is 5.56 Å². The molecule has 4 nitrogen and oxygen atoms in total. The van der Waals surface area contributed by atoms with Crippen molar-refractivity contribution in [3.05, 3.63) is 34.2 Å². The second kappa shape index (κ2) is 6.33. The zero-order valence-electron chi connectivity index (χ0n) is 9.37. The predicted molar refractivity (Wildman–Crippen MR) is 67.1 cm³/mol. The van der Waals surface area contributed by atoms with E-state index in [2.05, 4.69) is 17.0 Å². The van der Waals surface area contributed by atoms with Gasteiger partial charge in [-0.3, -0.25) is 4.79 Å². The first-order valence-corrected chi connectivity index (χ1v) is 5.68. The summed E-state index contributed by atoms with van der Waals surface area (Å²) in [6, 6.07) is 0. The number of nitrogens with zero attached hydrogens (tertiary/aromatic N) is 2. The van der Waals surface area contributed by atoms with E-state index in [0.29, 0.717) is 18.8 Å². The van der Waals surface area contributed by atoms with Gasteiger partial charge in [0.2, 0.25) is 0 Å². The molecule has 5 heteroatoms. The van der Waals surface area contributed by atoms with Gasteiger partial charge in [0.15, 0.2) is 0 Å². The van der Waals surface area contributed by atoms with E-state index < -0.39 is 0 Å². The summed E-state index contributed by atoms with van der Waals surface area (Å²) >= 11 is 5.95. The molecule has 0 atom stereocenters. The largest absolute Gasteiger partial charge is 0.382 e. The molecule has 0 aromatic carbocycles. The molecule has 1 N–H and O–H groups in total. The van der Waals surface area contributed by atoms with Gasteiger partial charge in [0.1, 0.15) is 5.02 Å². The van der Waals surface area contributed by atoms with Gasteiger partial charge in [-0.05, 0) is 12.8 Å². The Morgan fingerprint density at radius 2 is 2.44 bits per heavy atom. The van der Waals surface area contributed by atoms with Crippen molar-refractivity contribution in [2.24, 2.45) is 0 Å². The number of hydrogen-bond donors (Lipinski definition) is 1. The monoisotopic (exact) mass is 241 g/mol. The molecule has 0 fully saturated rings. The molecule has 1 heterocycles. The highest BCUT2D eigenvalue weighted by Gasteiger charge is 2.07. The van der Waals surface area contributed by atoms with Crippen LogP contribution in [0.15, 0.2) is 23.6 Å². The Labute approximate surface area is 99.9 Å². The summed E-state index contributed by atoms with van der Waals surface area (Å²) in [5.74, 6) is 0. The maximum Gasteiger partial charge on any atom is 0.287 e. The van der Waals surface area contributed by atoms with Gasteiger partial charge in [-0.1, -0.05) is 24.6 Å². The molecule has 0 amide bonds. The van der Waals surface area contributed by atoms with Crippen LogP contribution in [-0.4, -0.2) is 16.3 Å². The number of halogens is 1. The number of rotatable bonds is 6. The molecule has 1 aromatic heterocycles. The fraction of sp³-hybridized carbons (Fsp3) is 0.455. The fourth-order valence-corrected chi connectivity index (χ4v) is 1.48. The quantitative estimate of drug-likeness (QED) is 0.614. The molecule has 0 aliphatic rings. The van der Waals surface area contributed by atoms with Gasteiger partial charge in [-0.2, -0.15) is 5.10 Å². The molecule has 0 aliphatic heterocycles. The second-order valence-electron chi connectivity index (χ2n) is 3.40. The topological polar surface area (TPSA) is 46.9 Å². The predicted octanol–water partition coefficient (Wildman–Crippen LogP) is 2.29. The highest BCUT2D eigenvalue weighted by molar-refractivity contribution is 6.32. The first-order valence-electron chi connectivity index (χ1n) is 5.31. The van der Waals surface area contributed by atoms with Gasteiger partial charge in [0, 0.05) is 13.1 Å². The van der Waals surface area contributed by atoms with Crippen molar-refractivity contribution < 1.29 is 0 Å². The zero-order chi connectivity index (χ0) is 12.0. The molecule has 0 saturated heterocycles. The molecule has 0 aliphatic carbocycles. The Kier molecular flexibility index (Phi) is 5.05. The molecule has 0 unspecified atom stereocenters. The lowest BCUT2D eigenvalue weighted by Gasteiger charge is -2.08. The number of anilines is 1. The van der Waals surface area contributed by atoms with Crippen molar-refractivity contribution in [2.75, 3.05) is 11.9 Å². The first-order chi connectivity index (χ1) is 7.70. The zero-order valence-corrected chi connectivity index (χ0v) is 10.1. The molecule has 0 radical (unpaired) electrons. The first kappa shape index (κ1) is 12.8. The Hall–Kier alpha value is -1.29. The van der Waals surface area contributed by atoms with Crippen LogP contribution in [0.4, 0.5) is 5.69 Å². The second-order valence-corrected chi connectivity index (χ2v) is 3.78.